The number of benzene rings is 1. The number of nitrogens with one attached hydrogen (secondary N) is 2. The maximum Gasteiger partial charge on any atom is 0.304 e. The number of nitrogens with zero attached hydrogens (tertiary/aromatic N) is 2. The summed E-state index contributed by atoms with van der Waals surface area (Å²) in [5.74, 6) is -3.58. The average Bonchev–Trinajstić information content (AvgIpc) is 2.73. The molecule has 0 saturated heterocycles. The Kier molecular flexibility index (Phi) is 8.30. The van der Waals surface area contributed by atoms with Crippen molar-refractivity contribution in [3.05, 3.63) is 48.2 Å². The number of aromatic nitrogens is 1. The Morgan fingerprint density at radius 3 is 2.30 bits per heavy atom. The zero-order valence-corrected chi connectivity index (χ0v) is 17.0. The molecule has 9 heteroatoms. The van der Waals surface area contributed by atoms with Gasteiger partial charge in [0.05, 0.1) is 29.9 Å². The molecule has 0 fully saturated rings. The molecule has 1 heterocycles. The highest BCUT2D eigenvalue weighted by Crippen LogP contribution is 2.20. The van der Waals surface area contributed by atoms with Crippen LogP contribution in [0.25, 0.3) is 11.3 Å². The van der Waals surface area contributed by atoms with Gasteiger partial charge >= 0.3 is 5.97 Å². The van der Waals surface area contributed by atoms with Gasteiger partial charge in [-0.1, -0.05) is 24.3 Å². The van der Waals surface area contributed by atoms with Crippen LogP contribution in [0.3, 0.4) is 0 Å². The van der Waals surface area contributed by atoms with Crippen molar-refractivity contribution in [1.82, 2.24) is 15.8 Å². The standard InChI is InChI=1S/C21H26N4O5/c1-25(2)17-7-8-18(23-13-17)15-5-3-14(4-6-15)9-10-22-21(29)16(12-20(27)28)11-19(26)24-30/h3-8,13,16,30H,9-12H2,1-2H3,(H,22,29)(H,24,26)(H,27,28). The van der Waals surface area contributed by atoms with E-state index < -0.39 is 36.5 Å². The molecule has 160 valence electrons. The predicted molar refractivity (Wildman–Crippen MR) is 111 cm³/mol. The van der Waals surface area contributed by atoms with E-state index in [0.717, 1.165) is 22.5 Å². The number of anilines is 1. The zero-order valence-electron chi connectivity index (χ0n) is 17.0. The van der Waals surface area contributed by atoms with Gasteiger partial charge in [0.15, 0.2) is 0 Å². The summed E-state index contributed by atoms with van der Waals surface area (Å²) in [5, 5.41) is 20.1. The number of carboxylic acid groups (broad SMARTS) is 1. The number of pyridine rings is 1. The largest absolute Gasteiger partial charge is 0.481 e. The summed E-state index contributed by atoms with van der Waals surface area (Å²) in [5.41, 5.74) is 5.26. The smallest absolute Gasteiger partial charge is 0.304 e. The van der Waals surface area contributed by atoms with Gasteiger partial charge < -0.3 is 15.3 Å². The number of hydrogen-bond donors (Lipinski definition) is 4. The van der Waals surface area contributed by atoms with Gasteiger partial charge in [-0.15, -0.1) is 0 Å². The quantitative estimate of drug-likeness (QED) is 0.342. The van der Waals surface area contributed by atoms with Crippen molar-refractivity contribution in [2.24, 2.45) is 5.92 Å². The van der Waals surface area contributed by atoms with Crippen LogP contribution in [0, 0.1) is 5.92 Å². The Bertz CT molecular complexity index is 866. The summed E-state index contributed by atoms with van der Waals surface area (Å²) >= 11 is 0. The van der Waals surface area contributed by atoms with Crippen molar-refractivity contribution >= 4 is 23.5 Å². The number of hydroxylamine groups is 1. The first kappa shape index (κ1) is 22.8. The number of carboxylic acids is 1. The van der Waals surface area contributed by atoms with Crippen molar-refractivity contribution in [3.63, 3.8) is 0 Å². The van der Waals surface area contributed by atoms with Gasteiger partial charge in [-0.05, 0) is 24.1 Å². The summed E-state index contributed by atoms with van der Waals surface area (Å²) in [6, 6.07) is 11.7. The highest BCUT2D eigenvalue weighted by atomic mass is 16.5. The van der Waals surface area contributed by atoms with E-state index in [1.165, 1.54) is 5.48 Å². The summed E-state index contributed by atoms with van der Waals surface area (Å²) in [7, 11) is 3.91. The molecule has 30 heavy (non-hydrogen) atoms. The minimum atomic E-state index is -1.19. The summed E-state index contributed by atoms with van der Waals surface area (Å²) in [6.07, 6.45) is 1.46. The molecule has 2 rings (SSSR count). The zero-order chi connectivity index (χ0) is 22.1. The van der Waals surface area contributed by atoms with Gasteiger partial charge in [0.1, 0.15) is 0 Å². The van der Waals surface area contributed by atoms with E-state index in [-0.39, 0.29) is 0 Å². The molecule has 0 bridgehead atoms. The minimum absolute atomic E-state index is 0.296. The van der Waals surface area contributed by atoms with Crippen molar-refractivity contribution in [2.45, 2.75) is 19.3 Å². The summed E-state index contributed by atoms with van der Waals surface area (Å²) < 4.78 is 0. The molecule has 9 nitrogen and oxygen atoms in total. The monoisotopic (exact) mass is 414 g/mol. The minimum Gasteiger partial charge on any atom is -0.481 e. The van der Waals surface area contributed by atoms with Gasteiger partial charge in [-0.25, -0.2) is 5.48 Å². The molecule has 0 spiro atoms. The number of aliphatic carboxylic acids is 1. The van der Waals surface area contributed by atoms with E-state index in [2.05, 4.69) is 10.3 Å². The molecule has 0 radical (unpaired) electrons. The normalized spacial score (nSPS) is 11.4. The van der Waals surface area contributed by atoms with E-state index in [1.54, 1.807) is 0 Å². The van der Waals surface area contributed by atoms with E-state index in [0.29, 0.717) is 13.0 Å². The molecular weight excluding hydrogens is 388 g/mol. The van der Waals surface area contributed by atoms with Gasteiger partial charge in [0, 0.05) is 32.6 Å². The summed E-state index contributed by atoms with van der Waals surface area (Å²) in [4.78, 5) is 40.8. The van der Waals surface area contributed by atoms with Crippen LogP contribution in [-0.2, 0) is 20.8 Å². The Morgan fingerprint density at radius 1 is 1.07 bits per heavy atom. The van der Waals surface area contributed by atoms with Crippen molar-refractivity contribution < 1.29 is 24.7 Å². The lowest BCUT2D eigenvalue weighted by molar-refractivity contribution is -0.142. The van der Waals surface area contributed by atoms with E-state index in [9.17, 15) is 14.4 Å². The molecule has 1 aromatic heterocycles. The molecule has 2 aromatic rings. The Balaban J connectivity index is 1.90. The van der Waals surface area contributed by atoms with Crippen LogP contribution in [0.5, 0.6) is 0 Å². The number of hydrogen-bond acceptors (Lipinski definition) is 6. The Morgan fingerprint density at radius 2 is 1.77 bits per heavy atom. The highest BCUT2D eigenvalue weighted by molar-refractivity contribution is 5.88. The van der Waals surface area contributed by atoms with Crippen molar-refractivity contribution in [3.8, 4) is 11.3 Å². The maximum atomic E-state index is 12.2. The van der Waals surface area contributed by atoms with Crippen LogP contribution in [0.15, 0.2) is 42.6 Å². The average molecular weight is 414 g/mol. The van der Waals surface area contributed by atoms with Gasteiger partial charge in [0.25, 0.3) is 0 Å². The van der Waals surface area contributed by atoms with E-state index in [1.807, 2.05) is 61.6 Å². The third kappa shape index (κ3) is 6.85. The number of amides is 2. The lowest BCUT2D eigenvalue weighted by Gasteiger charge is -2.14. The lowest BCUT2D eigenvalue weighted by atomic mass is 10.00. The SMILES string of the molecule is CN(C)c1ccc(-c2ccc(CCNC(=O)C(CC(=O)O)CC(=O)NO)cc2)nc1. The lowest BCUT2D eigenvalue weighted by Crippen LogP contribution is -2.36. The second-order valence-corrected chi connectivity index (χ2v) is 7.07. The van der Waals surface area contributed by atoms with Crippen LogP contribution in [0.1, 0.15) is 18.4 Å². The fourth-order valence-corrected chi connectivity index (χ4v) is 2.88. The molecule has 0 aliphatic heterocycles. The first-order chi connectivity index (χ1) is 14.3. The third-order valence-electron chi connectivity index (χ3n) is 4.58. The van der Waals surface area contributed by atoms with Crippen LogP contribution in [0.2, 0.25) is 0 Å². The second-order valence-electron chi connectivity index (χ2n) is 7.07. The first-order valence-electron chi connectivity index (χ1n) is 9.45. The number of carbonyl (C=O) groups excluding carboxylic acids is 2. The molecule has 2 amide bonds. The van der Waals surface area contributed by atoms with Crippen LogP contribution >= 0.6 is 0 Å². The molecule has 1 atom stereocenters. The Labute approximate surface area is 174 Å². The Hall–Kier alpha value is -3.46. The van der Waals surface area contributed by atoms with Crippen LogP contribution in [-0.4, -0.2) is 53.7 Å². The fraction of sp³-hybridized carbons (Fsp3) is 0.333. The van der Waals surface area contributed by atoms with E-state index in [4.69, 9.17) is 10.3 Å². The third-order valence-corrected chi connectivity index (χ3v) is 4.58. The molecule has 0 aliphatic carbocycles. The second kappa shape index (κ2) is 10.9. The number of carbonyl (C=O) groups is 3. The molecule has 4 N–H and O–H groups in total. The molecular formula is C21H26N4O5. The fourth-order valence-electron chi connectivity index (χ4n) is 2.88. The van der Waals surface area contributed by atoms with Gasteiger partial charge in [-0.2, -0.15) is 0 Å². The van der Waals surface area contributed by atoms with Crippen molar-refractivity contribution in [2.75, 3.05) is 25.5 Å². The molecule has 1 aromatic carbocycles. The van der Waals surface area contributed by atoms with Gasteiger partial charge in [0.2, 0.25) is 11.8 Å². The van der Waals surface area contributed by atoms with Crippen LogP contribution < -0.4 is 15.7 Å². The van der Waals surface area contributed by atoms with Crippen molar-refractivity contribution in [1.29, 1.82) is 0 Å². The van der Waals surface area contributed by atoms with Gasteiger partial charge in [-0.3, -0.25) is 24.6 Å². The first-order valence-corrected chi connectivity index (χ1v) is 9.45. The van der Waals surface area contributed by atoms with E-state index >= 15 is 0 Å². The highest BCUT2D eigenvalue weighted by Gasteiger charge is 2.24. The van der Waals surface area contributed by atoms with Crippen LogP contribution in [0.4, 0.5) is 5.69 Å². The summed E-state index contributed by atoms with van der Waals surface area (Å²) in [6.45, 7) is 0.296. The predicted octanol–water partition coefficient (Wildman–Crippen LogP) is 1.46. The molecule has 0 saturated carbocycles. The number of rotatable bonds is 10. The molecule has 1 unspecified atom stereocenters. The molecule has 0 aliphatic rings. The maximum absolute atomic E-state index is 12.2. The topological polar surface area (TPSA) is 132 Å².